The molecule has 5 heteroatoms. The molecule has 26 heavy (non-hydrogen) atoms. The third-order valence-corrected chi connectivity index (χ3v) is 5.82. The summed E-state index contributed by atoms with van der Waals surface area (Å²) in [6.07, 6.45) is 8.48. The molecule has 1 aliphatic heterocycles. The van der Waals surface area contributed by atoms with E-state index in [-0.39, 0.29) is 18.4 Å². The minimum Gasteiger partial charge on any atom is -0.346 e. The van der Waals surface area contributed by atoms with Crippen molar-refractivity contribution in [3.8, 4) is 0 Å². The summed E-state index contributed by atoms with van der Waals surface area (Å²) >= 11 is 0. The molecule has 0 bridgehead atoms. The number of para-hydroxylation sites is 1. The Morgan fingerprint density at radius 1 is 1.08 bits per heavy atom. The fraction of sp³-hybridized carbons (Fsp3) is 0.619. The number of piperidine rings is 1. The molecule has 2 N–H and O–H groups in total. The Balaban J connectivity index is 1.45. The number of aryl methyl sites for hydroxylation is 1. The Morgan fingerprint density at radius 2 is 1.85 bits per heavy atom. The number of benzene rings is 1. The number of anilines is 1. The summed E-state index contributed by atoms with van der Waals surface area (Å²) in [6, 6.07) is 8.34. The average molecular weight is 357 g/mol. The first-order chi connectivity index (χ1) is 12.7. The van der Waals surface area contributed by atoms with Crippen molar-refractivity contribution in [2.75, 3.05) is 25.0 Å². The average Bonchev–Trinajstić information content (AvgIpc) is 2.67. The maximum absolute atomic E-state index is 12.3. The summed E-state index contributed by atoms with van der Waals surface area (Å²) in [4.78, 5) is 26.8. The van der Waals surface area contributed by atoms with Gasteiger partial charge in [-0.1, -0.05) is 38.0 Å². The van der Waals surface area contributed by atoms with E-state index in [1.54, 1.807) is 0 Å². The number of carbonyl (C=O) groups excluding carboxylic acids is 2. The van der Waals surface area contributed by atoms with E-state index in [9.17, 15) is 9.59 Å². The van der Waals surface area contributed by atoms with Gasteiger partial charge in [0.2, 0.25) is 11.8 Å². The molecule has 2 aliphatic rings. The number of hydrogen-bond acceptors (Lipinski definition) is 3. The maximum atomic E-state index is 12.3. The fourth-order valence-corrected chi connectivity index (χ4v) is 4.49. The van der Waals surface area contributed by atoms with Crippen LogP contribution >= 0.6 is 0 Å². The minimum atomic E-state index is -0.173. The molecule has 1 heterocycles. The van der Waals surface area contributed by atoms with Crippen molar-refractivity contribution in [1.82, 2.24) is 10.2 Å². The van der Waals surface area contributed by atoms with Crippen LogP contribution in [0.15, 0.2) is 24.3 Å². The zero-order valence-electron chi connectivity index (χ0n) is 15.8. The maximum Gasteiger partial charge on any atom is 0.243 e. The SMILES string of the molecule is CCc1ccccc1NC(=O)CNC(=O)CN1CCC[C@@H]2CCCC[C@@H]21. The third kappa shape index (κ3) is 4.85. The van der Waals surface area contributed by atoms with Gasteiger partial charge >= 0.3 is 0 Å². The van der Waals surface area contributed by atoms with Crippen LogP contribution in [0.25, 0.3) is 0 Å². The highest BCUT2D eigenvalue weighted by molar-refractivity contribution is 5.95. The highest BCUT2D eigenvalue weighted by Crippen LogP contribution is 2.34. The first-order valence-electron chi connectivity index (χ1n) is 10.1. The summed E-state index contributed by atoms with van der Waals surface area (Å²) < 4.78 is 0. The summed E-state index contributed by atoms with van der Waals surface area (Å²) in [7, 11) is 0. The molecule has 142 valence electrons. The van der Waals surface area contributed by atoms with E-state index < -0.39 is 0 Å². The molecule has 0 spiro atoms. The highest BCUT2D eigenvalue weighted by atomic mass is 16.2. The number of nitrogens with one attached hydrogen (secondary N) is 2. The van der Waals surface area contributed by atoms with Crippen molar-refractivity contribution in [3.05, 3.63) is 29.8 Å². The molecule has 1 saturated carbocycles. The number of rotatable bonds is 6. The lowest BCUT2D eigenvalue weighted by Gasteiger charge is -2.43. The van der Waals surface area contributed by atoms with E-state index in [0.29, 0.717) is 12.6 Å². The molecule has 2 fully saturated rings. The molecule has 2 atom stereocenters. The lowest BCUT2D eigenvalue weighted by atomic mass is 9.78. The summed E-state index contributed by atoms with van der Waals surface area (Å²) in [5.41, 5.74) is 1.93. The van der Waals surface area contributed by atoms with Gasteiger partial charge in [0, 0.05) is 11.7 Å². The van der Waals surface area contributed by atoms with Crippen LogP contribution in [0, 0.1) is 5.92 Å². The fourth-order valence-electron chi connectivity index (χ4n) is 4.49. The van der Waals surface area contributed by atoms with E-state index in [2.05, 4.69) is 22.5 Å². The van der Waals surface area contributed by atoms with Crippen molar-refractivity contribution in [1.29, 1.82) is 0 Å². The Labute approximate surface area is 156 Å². The lowest BCUT2D eigenvalue weighted by Crippen LogP contribution is -2.51. The van der Waals surface area contributed by atoms with Crippen molar-refractivity contribution >= 4 is 17.5 Å². The first kappa shape index (κ1) is 18.9. The van der Waals surface area contributed by atoms with E-state index in [4.69, 9.17) is 0 Å². The molecule has 2 amide bonds. The Kier molecular flexibility index (Phi) is 6.67. The van der Waals surface area contributed by atoms with Gasteiger partial charge in [0.1, 0.15) is 0 Å². The number of amides is 2. The van der Waals surface area contributed by atoms with Crippen molar-refractivity contribution in [2.24, 2.45) is 5.92 Å². The molecule has 3 rings (SSSR count). The zero-order valence-corrected chi connectivity index (χ0v) is 15.8. The molecule has 1 aromatic carbocycles. The van der Waals surface area contributed by atoms with Crippen molar-refractivity contribution in [3.63, 3.8) is 0 Å². The van der Waals surface area contributed by atoms with Crippen LogP contribution in [0.3, 0.4) is 0 Å². The molecular weight excluding hydrogens is 326 g/mol. The van der Waals surface area contributed by atoms with Gasteiger partial charge in [-0.05, 0) is 56.2 Å². The number of fused-ring (bicyclic) bond motifs is 1. The van der Waals surface area contributed by atoms with E-state index in [1.165, 1.54) is 38.5 Å². The van der Waals surface area contributed by atoms with Gasteiger partial charge in [-0.2, -0.15) is 0 Å². The van der Waals surface area contributed by atoms with Gasteiger partial charge < -0.3 is 10.6 Å². The summed E-state index contributed by atoms with van der Waals surface area (Å²) in [6.45, 7) is 3.51. The predicted octanol–water partition coefficient (Wildman–Crippen LogP) is 2.96. The molecule has 0 radical (unpaired) electrons. The van der Waals surface area contributed by atoms with Crippen LogP contribution in [0.2, 0.25) is 0 Å². The summed E-state index contributed by atoms with van der Waals surface area (Å²) in [5.74, 6) is 0.544. The minimum absolute atomic E-state index is 0.0266. The smallest absolute Gasteiger partial charge is 0.243 e. The Morgan fingerprint density at radius 3 is 2.69 bits per heavy atom. The monoisotopic (exact) mass is 357 g/mol. The van der Waals surface area contributed by atoms with Gasteiger partial charge in [-0.3, -0.25) is 14.5 Å². The second-order valence-corrected chi connectivity index (χ2v) is 7.56. The highest BCUT2D eigenvalue weighted by Gasteiger charge is 2.33. The van der Waals surface area contributed by atoms with Gasteiger partial charge in [-0.15, -0.1) is 0 Å². The molecule has 1 saturated heterocycles. The molecule has 1 aromatic rings. The number of hydrogen-bond donors (Lipinski definition) is 2. The van der Waals surface area contributed by atoms with Crippen molar-refractivity contribution < 1.29 is 9.59 Å². The van der Waals surface area contributed by atoms with Crippen LogP contribution in [0.4, 0.5) is 5.69 Å². The zero-order chi connectivity index (χ0) is 18.4. The quantitative estimate of drug-likeness (QED) is 0.823. The number of carbonyl (C=O) groups is 2. The van der Waals surface area contributed by atoms with Crippen LogP contribution in [0.1, 0.15) is 51.0 Å². The molecular formula is C21H31N3O2. The second kappa shape index (κ2) is 9.17. The molecule has 5 nitrogen and oxygen atoms in total. The van der Waals surface area contributed by atoms with Gasteiger partial charge in [0.15, 0.2) is 0 Å². The number of likely N-dealkylation sites (tertiary alicyclic amines) is 1. The van der Waals surface area contributed by atoms with Gasteiger partial charge in [-0.25, -0.2) is 0 Å². The van der Waals surface area contributed by atoms with E-state index >= 15 is 0 Å². The van der Waals surface area contributed by atoms with Gasteiger partial charge in [0.25, 0.3) is 0 Å². The van der Waals surface area contributed by atoms with Crippen LogP contribution in [-0.4, -0.2) is 42.4 Å². The predicted molar refractivity (Wildman–Crippen MR) is 104 cm³/mol. The largest absolute Gasteiger partial charge is 0.346 e. The van der Waals surface area contributed by atoms with E-state index in [0.717, 1.165) is 30.1 Å². The van der Waals surface area contributed by atoms with Crippen LogP contribution in [0.5, 0.6) is 0 Å². The van der Waals surface area contributed by atoms with Crippen LogP contribution in [-0.2, 0) is 16.0 Å². The molecule has 0 aromatic heterocycles. The lowest BCUT2D eigenvalue weighted by molar-refractivity contribution is -0.126. The first-order valence-corrected chi connectivity index (χ1v) is 10.1. The number of nitrogens with zero attached hydrogens (tertiary/aromatic N) is 1. The van der Waals surface area contributed by atoms with Gasteiger partial charge in [0.05, 0.1) is 13.1 Å². The molecule has 0 unspecified atom stereocenters. The van der Waals surface area contributed by atoms with Crippen molar-refractivity contribution in [2.45, 2.75) is 57.9 Å². The third-order valence-electron chi connectivity index (χ3n) is 5.82. The van der Waals surface area contributed by atoms with Crippen LogP contribution < -0.4 is 10.6 Å². The Bertz CT molecular complexity index is 629. The topological polar surface area (TPSA) is 61.4 Å². The Hall–Kier alpha value is -1.88. The standard InChI is InChI=1S/C21H31N3O2/c1-2-16-8-3-5-11-18(16)23-20(25)14-22-21(26)15-24-13-7-10-17-9-4-6-12-19(17)24/h3,5,8,11,17,19H,2,4,6-7,9-10,12-15H2,1H3,(H,22,26)(H,23,25)/t17-,19-/m0/s1. The molecule has 1 aliphatic carbocycles. The second-order valence-electron chi connectivity index (χ2n) is 7.56. The normalized spacial score (nSPS) is 23.1. The summed E-state index contributed by atoms with van der Waals surface area (Å²) in [5, 5.41) is 5.69. The van der Waals surface area contributed by atoms with E-state index in [1.807, 2.05) is 24.3 Å².